The average molecular weight is 566 g/mol. The largest absolute Gasteiger partial charge is 0.434 e. The number of para-hydroxylation sites is 2. The van der Waals surface area contributed by atoms with Crippen molar-refractivity contribution in [2.24, 2.45) is 0 Å². The third kappa shape index (κ3) is 6.04. The SMILES string of the molecule is CCCC(NC(=O)C1CCCCN1c1cccc(-c2ccc(N3CCNCC3)cc2)c1)C(=O)c1nc2ccccc2o1. The summed E-state index contributed by atoms with van der Waals surface area (Å²) in [6, 6.07) is 23.5. The number of nitrogens with one attached hydrogen (secondary N) is 2. The number of fused-ring (bicyclic) bond motifs is 1. The average Bonchev–Trinajstić information content (AvgIpc) is 3.49. The molecule has 0 aliphatic carbocycles. The fraction of sp³-hybridized carbons (Fsp3) is 0.382. The standard InChI is InChI=1S/C34H39N5O3/c1-2-8-29(32(40)34-37-28-11-3-4-13-31(28)42-34)36-33(41)30-12-5-6-20-39(30)27-10-7-9-25(23-27)24-14-16-26(17-15-24)38-21-18-35-19-22-38/h3-4,7,9-11,13-17,23,29-30,35H,2,5-6,8,12,18-22H2,1H3,(H,36,41). The molecule has 0 bridgehead atoms. The maximum Gasteiger partial charge on any atom is 0.266 e. The number of piperidine rings is 1. The Kier molecular flexibility index (Phi) is 8.51. The number of carbonyl (C=O) groups is 2. The van der Waals surface area contributed by atoms with Crippen LogP contribution in [0.25, 0.3) is 22.2 Å². The first-order chi connectivity index (χ1) is 20.6. The van der Waals surface area contributed by atoms with E-state index in [1.807, 2.05) is 25.1 Å². The number of amides is 1. The van der Waals surface area contributed by atoms with E-state index in [0.717, 1.165) is 75.2 Å². The highest BCUT2D eigenvalue weighted by molar-refractivity contribution is 6.01. The van der Waals surface area contributed by atoms with Crippen LogP contribution in [0.15, 0.2) is 77.2 Å². The lowest BCUT2D eigenvalue weighted by atomic mass is 9.97. The van der Waals surface area contributed by atoms with Crippen LogP contribution in [0, 0.1) is 0 Å². The molecule has 0 spiro atoms. The van der Waals surface area contributed by atoms with Crippen molar-refractivity contribution in [2.75, 3.05) is 42.5 Å². The summed E-state index contributed by atoms with van der Waals surface area (Å²) in [5, 5.41) is 6.48. The molecule has 0 radical (unpaired) electrons. The summed E-state index contributed by atoms with van der Waals surface area (Å²) in [6.07, 6.45) is 4.01. The fourth-order valence-electron chi connectivity index (χ4n) is 6.12. The van der Waals surface area contributed by atoms with E-state index in [1.165, 1.54) is 5.69 Å². The third-order valence-electron chi connectivity index (χ3n) is 8.38. The van der Waals surface area contributed by atoms with E-state index in [1.54, 1.807) is 6.07 Å². The van der Waals surface area contributed by atoms with Gasteiger partial charge in [-0.3, -0.25) is 9.59 Å². The minimum Gasteiger partial charge on any atom is -0.434 e. The van der Waals surface area contributed by atoms with E-state index in [2.05, 4.69) is 73.9 Å². The summed E-state index contributed by atoms with van der Waals surface area (Å²) < 4.78 is 5.74. The lowest BCUT2D eigenvalue weighted by molar-refractivity contribution is -0.123. The summed E-state index contributed by atoms with van der Waals surface area (Å²) in [5.41, 5.74) is 5.76. The summed E-state index contributed by atoms with van der Waals surface area (Å²) in [7, 11) is 0. The molecule has 2 aliphatic heterocycles. The maximum absolute atomic E-state index is 13.8. The summed E-state index contributed by atoms with van der Waals surface area (Å²) in [4.78, 5) is 36.2. The molecule has 2 fully saturated rings. The van der Waals surface area contributed by atoms with Gasteiger partial charge in [-0.05, 0) is 73.2 Å². The minimum absolute atomic E-state index is 0.0473. The van der Waals surface area contributed by atoms with Gasteiger partial charge in [0.05, 0.1) is 6.04 Å². The molecule has 3 aromatic carbocycles. The fourth-order valence-corrected chi connectivity index (χ4v) is 6.12. The highest BCUT2D eigenvalue weighted by Gasteiger charge is 2.33. The van der Waals surface area contributed by atoms with Crippen LogP contribution in [0.4, 0.5) is 11.4 Å². The monoisotopic (exact) mass is 565 g/mol. The Morgan fingerprint density at radius 3 is 2.55 bits per heavy atom. The number of hydrogen-bond acceptors (Lipinski definition) is 7. The van der Waals surface area contributed by atoms with Crippen LogP contribution in [0.1, 0.15) is 49.7 Å². The zero-order valence-electron chi connectivity index (χ0n) is 24.2. The number of nitrogens with zero attached hydrogens (tertiary/aromatic N) is 3. The summed E-state index contributed by atoms with van der Waals surface area (Å²) in [5.74, 6) is -0.357. The lowest BCUT2D eigenvalue weighted by Gasteiger charge is -2.37. The molecule has 2 saturated heterocycles. The molecule has 1 amide bonds. The van der Waals surface area contributed by atoms with Crippen molar-refractivity contribution in [3.63, 3.8) is 0 Å². The molecule has 218 valence electrons. The second-order valence-electron chi connectivity index (χ2n) is 11.2. The van der Waals surface area contributed by atoms with Crippen LogP contribution in [0.5, 0.6) is 0 Å². The molecule has 2 N–H and O–H groups in total. The number of Topliss-reactive ketones (excluding diaryl/α,β-unsaturated/α-hetero) is 1. The molecule has 3 heterocycles. The predicted octanol–water partition coefficient (Wildman–Crippen LogP) is 5.43. The quantitative estimate of drug-likeness (QED) is 0.262. The molecule has 8 heteroatoms. The number of rotatable bonds is 9. The van der Waals surface area contributed by atoms with Crippen molar-refractivity contribution in [1.29, 1.82) is 0 Å². The Bertz CT molecular complexity index is 1490. The van der Waals surface area contributed by atoms with Crippen LogP contribution in [0.2, 0.25) is 0 Å². The summed E-state index contributed by atoms with van der Waals surface area (Å²) >= 11 is 0. The van der Waals surface area contributed by atoms with Crippen LogP contribution in [-0.4, -0.2) is 61.5 Å². The molecular formula is C34H39N5O3. The third-order valence-corrected chi connectivity index (χ3v) is 8.38. The number of aromatic nitrogens is 1. The van der Waals surface area contributed by atoms with Crippen molar-refractivity contribution < 1.29 is 14.0 Å². The normalized spacial score (nSPS) is 18.2. The maximum atomic E-state index is 13.8. The molecule has 6 rings (SSSR count). The highest BCUT2D eigenvalue weighted by atomic mass is 16.4. The Morgan fingerprint density at radius 2 is 1.76 bits per heavy atom. The van der Waals surface area contributed by atoms with Gasteiger partial charge in [0.25, 0.3) is 5.89 Å². The number of oxazole rings is 1. The Hall–Kier alpha value is -4.17. The molecule has 2 aliphatic rings. The van der Waals surface area contributed by atoms with Gasteiger partial charge < -0.3 is 24.9 Å². The molecule has 2 unspecified atom stereocenters. The van der Waals surface area contributed by atoms with Crippen LogP contribution in [-0.2, 0) is 4.79 Å². The van der Waals surface area contributed by atoms with Gasteiger partial charge in [-0.15, -0.1) is 0 Å². The van der Waals surface area contributed by atoms with E-state index in [4.69, 9.17) is 4.42 Å². The topological polar surface area (TPSA) is 90.7 Å². The van der Waals surface area contributed by atoms with Crippen LogP contribution in [0.3, 0.4) is 0 Å². The van der Waals surface area contributed by atoms with Gasteiger partial charge >= 0.3 is 0 Å². The van der Waals surface area contributed by atoms with Gasteiger partial charge in [0.1, 0.15) is 11.6 Å². The van der Waals surface area contributed by atoms with E-state index in [0.29, 0.717) is 17.5 Å². The zero-order valence-corrected chi connectivity index (χ0v) is 24.2. The molecule has 42 heavy (non-hydrogen) atoms. The molecular weight excluding hydrogens is 526 g/mol. The Morgan fingerprint density at radius 1 is 0.952 bits per heavy atom. The smallest absolute Gasteiger partial charge is 0.266 e. The number of benzene rings is 3. The molecule has 8 nitrogen and oxygen atoms in total. The zero-order chi connectivity index (χ0) is 28.9. The first-order valence-corrected chi connectivity index (χ1v) is 15.2. The van der Waals surface area contributed by atoms with E-state index in [-0.39, 0.29) is 23.6 Å². The molecule has 4 aromatic rings. The van der Waals surface area contributed by atoms with Gasteiger partial charge in [-0.2, -0.15) is 0 Å². The van der Waals surface area contributed by atoms with Crippen molar-refractivity contribution in [1.82, 2.24) is 15.6 Å². The minimum atomic E-state index is -0.681. The van der Waals surface area contributed by atoms with Crippen LogP contribution < -0.4 is 20.4 Å². The first kappa shape index (κ1) is 28.0. The van der Waals surface area contributed by atoms with Crippen molar-refractivity contribution in [3.8, 4) is 11.1 Å². The van der Waals surface area contributed by atoms with Crippen molar-refractivity contribution in [3.05, 3.63) is 78.7 Å². The van der Waals surface area contributed by atoms with E-state index in [9.17, 15) is 9.59 Å². The number of hydrogen-bond donors (Lipinski definition) is 2. The number of carbonyl (C=O) groups excluding carboxylic acids is 2. The van der Waals surface area contributed by atoms with Crippen molar-refractivity contribution in [2.45, 2.75) is 51.1 Å². The Labute approximate surface area is 247 Å². The first-order valence-electron chi connectivity index (χ1n) is 15.2. The van der Waals surface area contributed by atoms with Gasteiger partial charge in [0.15, 0.2) is 5.58 Å². The van der Waals surface area contributed by atoms with Gasteiger partial charge in [-0.1, -0.05) is 49.7 Å². The number of piperazine rings is 1. The lowest BCUT2D eigenvalue weighted by Crippen LogP contribution is -2.53. The van der Waals surface area contributed by atoms with Crippen molar-refractivity contribution >= 4 is 34.2 Å². The number of ketones is 1. The second kappa shape index (κ2) is 12.8. The Balaban J connectivity index is 1.18. The van der Waals surface area contributed by atoms with Gasteiger partial charge in [0.2, 0.25) is 11.7 Å². The number of anilines is 2. The molecule has 1 aromatic heterocycles. The molecule has 2 atom stereocenters. The van der Waals surface area contributed by atoms with E-state index >= 15 is 0 Å². The predicted molar refractivity (Wildman–Crippen MR) is 167 cm³/mol. The van der Waals surface area contributed by atoms with Crippen LogP contribution >= 0.6 is 0 Å². The van der Waals surface area contributed by atoms with E-state index < -0.39 is 6.04 Å². The molecule has 0 saturated carbocycles. The summed E-state index contributed by atoms with van der Waals surface area (Å²) in [6.45, 7) is 6.87. The second-order valence-corrected chi connectivity index (χ2v) is 11.2. The van der Waals surface area contributed by atoms with Gasteiger partial charge in [0, 0.05) is 44.1 Å². The van der Waals surface area contributed by atoms with Gasteiger partial charge in [-0.25, -0.2) is 4.98 Å². The highest BCUT2D eigenvalue weighted by Crippen LogP contribution is 2.31.